The Bertz CT molecular complexity index is 912. The van der Waals surface area contributed by atoms with Crippen LogP contribution in [-0.2, 0) is 11.3 Å². The van der Waals surface area contributed by atoms with Crippen LogP contribution in [-0.4, -0.2) is 33.2 Å². The van der Waals surface area contributed by atoms with Crippen molar-refractivity contribution in [2.75, 3.05) is 12.4 Å². The van der Waals surface area contributed by atoms with Gasteiger partial charge >= 0.3 is 0 Å². The van der Waals surface area contributed by atoms with Gasteiger partial charge in [0.05, 0.1) is 19.3 Å². The number of carbonyl (C=O) groups is 1. The topological polar surface area (TPSA) is 81.9 Å². The van der Waals surface area contributed by atoms with Gasteiger partial charge in [-0.25, -0.2) is 0 Å². The number of ether oxygens (including phenoxy) is 1. The maximum Gasteiger partial charge on any atom is 0.226 e. The molecule has 134 valence electrons. The summed E-state index contributed by atoms with van der Waals surface area (Å²) in [5.74, 6) is 0.793. The van der Waals surface area contributed by atoms with E-state index in [-0.39, 0.29) is 18.9 Å². The number of rotatable bonds is 6. The fourth-order valence-electron chi connectivity index (χ4n) is 2.24. The quantitative estimate of drug-likeness (QED) is 0.692. The van der Waals surface area contributed by atoms with Crippen molar-refractivity contribution < 1.29 is 9.53 Å². The molecule has 0 aliphatic carbocycles. The predicted octanol–water partition coefficient (Wildman–Crippen LogP) is 3.68. The summed E-state index contributed by atoms with van der Waals surface area (Å²) in [6.07, 6.45) is 0.173. The van der Waals surface area contributed by atoms with E-state index >= 15 is 0 Å². The number of tetrazole rings is 1. The van der Waals surface area contributed by atoms with Crippen LogP contribution in [0.15, 0.2) is 42.5 Å². The predicted molar refractivity (Wildman–Crippen MR) is 99.5 cm³/mol. The highest BCUT2D eigenvalue weighted by atomic mass is 35.5. The summed E-state index contributed by atoms with van der Waals surface area (Å²) >= 11 is 11.8. The summed E-state index contributed by atoms with van der Waals surface area (Å²) in [7, 11) is 1.52. The van der Waals surface area contributed by atoms with Gasteiger partial charge in [-0.2, -0.15) is 4.80 Å². The van der Waals surface area contributed by atoms with E-state index in [1.165, 1.54) is 11.9 Å². The summed E-state index contributed by atoms with van der Waals surface area (Å²) in [4.78, 5) is 13.5. The normalized spacial score (nSPS) is 10.6. The maximum absolute atomic E-state index is 12.2. The van der Waals surface area contributed by atoms with E-state index in [1.54, 1.807) is 30.3 Å². The first-order valence-corrected chi connectivity index (χ1v) is 8.48. The van der Waals surface area contributed by atoms with Crippen LogP contribution in [0.5, 0.6) is 5.75 Å². The minimum atomic E-state index is -0.212. The molecule has 1 amide bonds. The summed E-state index contributed by atoms with van der Waals surface area (Å²) in [6, 6.07) is 12.1. The average molecular weight is 392 g/mol. The Hall–Kier alpha value is -2.64. The number of halogens is 2. The van der Waals surface area contributed by atoms with Crippen LogP contribution in [0.1, 0.15) is 6.42 Å². The van der Waals surface area contributed by atoms with Crippen molar-refractivity contribution in [2.45, 2.75) is 13.0 Å². The van der Waals surface area contributed by atoms with Gasteiger partial charge in [-0.1, -0.05) is 23.2 Å². The van der Waals surface area contributed by atoms with Crippen molar-refractivity contribution in [2.24, 2.45) is 0 Å². The minimum Gasteiger partial charge on any atom is -0.495 e. The Morgan fingerprint density at radius 1 is 1.15 bits per heavy atom. The second kappa shape index (κ2) is 8.16. The van der Waals surface area contributed by atoms with Crippen LogP contribution in [0.3, 0.4) is 0 Å². The third kappa shape index (κ3) is 4.50. The third-order valence-corrected chi connectivity index (χ3v) is 4.02. The number of hydrogen-bond acceptors (Lipinski definition) is 5. The van der Waals surface area contributed by atoms with Crippen LogP contribution >= 0.6 is 23.2 Å². The summed E-state index contributed by atoms with van der Waals surface area (Å²) in [6.45, 7) is 0.287. The molecule has 26 heavy (non-hydrogen) atoms. The number of hydrogen-bond donors (Lipinski definition) is 1. The lowest BCUT2D eigenvalue weighted by atomic mass is 10.2. The van der Waals surface area contributed by atoms with E-state index in [0.29, 0.717) is 27.3 Å². The van der Waals surface area contributed by atoms with E-state index in [1.807, 2.05) is 12.1 Å². The number of amides is 1. The van der Waals surface area contributed by atoms with Gasteiger partial charge in [-0.3, -0.25) is 4.79 Å². The molecule has 3 rings (SSSR count). The Morgan fingerprint density at radius 3 is 2.62 bits per heavy atom. The monoisotopic (exact) mass is 391 g/mol. The molecule has 0 spiro atoms. The average Bonchev–Trinajstić information content (AvgIpc) is 3.10. The van der Waals surface area contributed by atoms with Crippen LogP contribution < -0.4 is 10.1 Å². The first-order chi connectivity index (χ1) is 12.5. The van der Waals surface area contributed by atoms with Gasteiger partial charge in [0.2, 0.25) is 11.7 Å². The second-order valence-corrected chi connectivity index (χ2v) is 6.23. The highest BCUT2D eigenvalue weighted by Crippen LogP contribution is 2.27. The Balaban J connectivity index is 1.60. The number of methoxy groups -OCH3 is 1. The van der Waals surface area contributed by atoms with Crippen molar-refractivity contribution in [1.29, 1.82) is 0 Å². The molecule has 0 bridgehead atoms. The van der Waals surface area contributed by atoms with Crippen molar-refractivity contribution in [3.63, 3.8) is 0 Å². The molecule has 0 saturated heterocycles. The van der Waals surface area contributed by atoms with Gasteiger partial charge < -0.3 is 10.1 Å². The van der Waals surface area contributed by atoms with Crippen LogP contribution in [0.25, 0.3) is 11.4 Å². The van der Waals surface area contributed by atoms with Crippen LogP contribution in [0.4, 0.5) is 5.69 Å². The molecule has 1 N–H and O–H groups in total. The molecule has 0 fully saturated rings. The molecule has 0 saturated carbocycles. The van der Waals surface area contributed by atoms with E-state index in [2.05, 4.69) is 20.7 Å². The van der Waals surface area contributed by atoms with Crippen molar-refractivity contribution in [3.05, 3.63) is 52.5 Å². The molecule has 7 nitrogen and oxygen atoms in total. The summed E-state index contributed by atoms with van der Waals surface area (Å²) in [5, 5.41) is 16.1. The molecule has 1 aromatic heterocycles. The summed E-state index contributed by atoms with van der Waals surface area (Å²) < 4.78 is 5.20. The van der Waals surface area contributed by atoms with E-state index in [0.717, 1.165) is 5.56 Å². The highest BCUT2D eigenvalue weighted by molar-refractivity contribution is 6.31. The van der Waals surface area contributed by atoms with E-state index < -0.39 is 0 Å². The lowest BCUT2D eigenvalue weighted by Crippen LogP contribution is -2.16. The lowest BCUT2D eigenvalue weighted by Gasteiger charge is -2.10. The van der Waals surface area contributed by atoms with Gasteiger partial charge in [0.25, 0.3) is 0 Å². The number of carbonyl (C=O) groups excluding carboxylic acids is 1. The third-order valence-electron chi connectivity index (χ3n) is 3.53. The molecule has 0 radical (unpaired) electrons. The molecule has 9 heteroatoms. The minimum absolute atomic E-state index is 0.173. The molecule has 0 aliphatic heterocycles. The van der Waals surface area contributed by atoms with Crippen LogP contribution in [0.2, 0.25) is 10.0 Å². The van der Waals surface area contributed by atoms with Crippen molar-refractivity contribution in [1.82, 2.24) is 20.2 Å². The Morgan fingerprint density at radius 2 is 1.88 bits per heavy atom. The number of benzene rings is 2. The molecule has 2 aromatic carbocycles. The molecule has 3 aromatic rings. The first-order valence-electron chi connectivity index (χ1n) is 7.72. The first kappa shape index (κ1) is 18.2. The zero-order chi connectivity index (χ0) is 18.5. The van der Waals surface area contributed by atoms with Gasteiger partial charge in [-0.05, 0) is 47.7 Å². The van der Waals surface area contributed by atoms with Crippen molar-refractivity contribution in [3.8, 4) is 17.1 Å². The second-order valence-electron chi connectivity index (χ2n) is 5.36. The molecular weight excluding hydrogens is 377 g/mol. The molecular formula is C17H15Cl2N5O2. The van der Waals surface area contributed by atoms with E-state index in [4.69, 9.17) is 27.9 Å². The highest BCUT2D eigenvalue weighted by Gasteiger charge is 2.11. The SMILES string of the molecule is COc1ccc(Cl)cc1NC(=O)CCn1nnc(-c2ccc(Cl)cc2)n1. The van der Waals surface area contributed by atoms with Crippen molar-refractivity contribution >= 4 is 34.8 Å². The number of nitrogens with zero attached hydrogens (tertiary/aromatic N) is 4. The fraction of sp³-hybridized carbons (Fsp3) is 0.176. The largest absolute Gasteiger partial charge is 0.495 e. The van der Waals surface area contributed by atoms with E-state index in [9.17, 15) is 4.79 Å². The number of anilines is 1. The molecule has 1 heterocycles. The standard InChI is InChI=1S/C17H15Cl2N5O2/c1-26-15-7-6-13(19)10-14(15)20-16(25)8-9-24-22-17(21-23-24)11-2-4-12(18)5-3-11/h2-7,10H,8-9H2,1H3,(H,20,25). The fourth-order valence-corrected chi connectivity index (χ4v) is 2.54. The maximum atomic E-state index is 12.2. The number of nitrogens with one attached hydrogen (secondary N) is 1. The zero-order valence-corrected chi connectivity index (χ0v) is 15.3. The zero-order valence-electron chi connectivity index (χ0n) is 13.8. The molecule has 0 aliphatic rings. The Kier molecular flexibility index (Phi) is 5.70. The lowest BCUT2D eigenvalue weighted by molar-refractivity contribution is -0.116. The molecule has 0 unspecified atom stereocenters. The number of aromatic nitrogens is 4. The Labute approximate surface area is 159 Å². The smallest absolute Gasteiger partial charge is 0.226 e. The molecule has 0 atom stereocenters. The van der Waals surface area contributed by atoms with Gasteiger partial charge in [0.1, 0.15) is 5.75 Å². The number of aryl methyl sites for hydroxylation is 1. The van der Waals surface area contributed by atoms with Gasteiger partial charge in [0, 0.05) is 22.0 Å². The van der Waals surface area contributed by atoms with Crippen LogP contribution in [0, 0.1) is 0 Å². The van der Waals surface area contributed by atoms with Gasteiger partial charge in [0.15, 0.2) is 0 Å². The summed E-state index contributed by atoms with van der Waals surface area (Å²) in [5.41, 5.74) is 1.31. The van der Waals surface area contributed by atoms with Gasteiger partial charge in [-0.15, -0.1) is 10.2 Å².